The minimum Gasteiger partial charge on any atom is -0.320 e. The van der Waals surface area contributed by atoms with Gasteiger partial charge in [-0.15, -0.1) is 0 Å². The first kappa shape index (κ1) is 15.3. The number of sulfonamides is 1. The van der Waals surface area contributed by atoms with Crippen LogP contribution in [0.25, 0.3) is 0 Å². The number of carbonyl (C=O) groups excluding carboxylic acids is 1. The third-order valence-electron chi connectivity index (χ3n) is 6.63. The fraction of sp³-hybridized carbons (Fsp3) is 0.933. The van der Waals surface area contributed by atoms with Gasteiger partial charge in [0.2, 0.25) is 10.0 Å². The van der Waals surface area contributed by atoms with Crippen molar-refractivity contribution in [3.05, 3.63) is 0 Å². The average molecular weight is 318 g/mol. The van der Waals surface area contributed by atoms with E-state index in [-0.39, 0.29) is 28.5 Å². The molecule has 0 aromatic carbocycles. The van der Waals surface area contributed by atoms with Crippen molar-refractivity contribution in [2.24, 2.45) is 28.4 Å². The van der Waals surface area contributed by atoms with E-state index < -0.39 is 22.0 Å². The van der Waals surface area contributed by atoms with Gasteiger partial charge in [0.05, 0.1) is 17.8 Å². The molecule has 2 bridgehead atoms. The van der Waals surface area contributed by atoms with Crippen molar-refractivity contribution in [3.63, 3.8) is 0 Å². The molecular formula is C15H26N2O3S. The molecule has 2 aliphatic carbocycles. The summed E-state index contributed by atoms with van der Waals surface area (Å²) < 4.78 is 26.5. The van der Waals surface area contributed by atoms with E-state index in [0.717, 1.165) is 19.3 Å². The number of nitrogens with two attached hydrogens (primary N) is 1. The Morgan fingerprint density at radius 1 is 1.38 bits per heavy atom. The third kappa shape index (κ3) is 1.72. The topological polar surface area (TPSA) is 80.5 Å². The van der Waals surface area contributed by atoms with Crippen molar-refractivity contribution >= 4 is 15.9 Å². The van der Waals surface area contributed by atoms with Crippen molar-refractivity contribution in [1.29, 1.82) is 0 Å². The maximum Gasteiger partial charge on any atom is 0.253 e. The number of rotatable bonds is 2. The summed E-state index contributed by atoms with van der Waals surface area (Å²) in [5.74, 6) is 0.166. The van der Waals surface area contributed by atoms with Crippen LogP contribution in [-0.4, -0.2) is 36.5 Å². The van der Waals surface area contributed by atoms with Crippen LogP contribution >= 0.6 is 0 Å². The molecule has 6 heteroatoms. The number of hydrogen-bond donors (Lipinski definition) is 1. The van der Waals surface area contributed by atoms with Gasteiger partial charge in [0, 0.05) is 5.41 Å². The van der Waals surface area contributed by atoms with Crippen molar-refractivity contribution in [3.8, 4) is 0 Å². The molecule has 0 aromatic rings. The monoisotopic (exact) mass is 318 g/mol. The normalized spacial score (nSPS) is 40.6. The minimum absolute atomic E-state index is 0.0122. The van der Waals surface area contributed by atoms with Crippen LogP contribution in [0, 0.1) is 22.7 Å². The van der Waals surface area contributed by atoms with E-state index in [1.807, 2.05) is 13.8 Å². The van der Waals surface area contributed by atoms with Gasteiger partial charge in [-0.1, -0.05) is 27.7 Å². The van der Waals surface area contributed by atoms with Crippen LogP contribution in [0.1, 0.15) is 47.0 Å². The van der Waals surface area contributed by atoms with Crippen molar-refractivity contribution in [1.82, 2.24) is 4.31 Å². The standard InChI is InChI=1S/C15H26N2O3S/c1-9(2)12(16)13(18)17-11-7-10-5-6-15(11,14(10,3)4)8-21(17,19)20/h9-12H,5-8,16H2,1-4H3/t10-,11-,12+,15-/m1/s1/i12+2,13+2. The van der Waals surface area contributed by atoms with Crippen molar-refractivity contribution in [2.45, 2.75) is 59.0 Å². The molecule has 3 aliphatic rings. The van der Waals surface area contributed by atoms with E-state index in [2.05, 4.69) is 13.8 Å². The summed E-state index contributed by atoms with van der Waals surface area (Å²) in [5, 5.41) is 0. The molecular weight excluding hydrogens is 292 g/mol. The van der Waals surface area contributed by atoms with Gasteiger partial charge >= 0.3 is 0 Å². The third-order valence-corrected chi connectivity index (χ3v) is 8.55. The molecule has 21 heavy (non-hydrogen) atoms. The highest BCUT2D eigenvalue weighted by atomic mass is 32.2. The second-order valence-corrected chi connectivity index (χ2v) is 9.87. The van der Waals surface area contributed by atoms with E-state index >= 15 is 0 Å². The molecule has 120 valence electrons. The van der Waals surface area contributed by atoms with Gasteiger partial charge < -0.3 is 5.73 Å². The van der Waals surface area contributed by atoms with Gasteiger partial charge in [-0.3, -0.25) is 4.79 Å². The van der Waals surface area contributed by atoms with Gasteiger partial charge in [0.25, 0.3) is 5.91 Å². The van der Waals surface area contributed by atoms with Crippen LogP contribution in [0.15, 0.2) is 0 Å². The molecule has 2 saturated carbocycles. The van der Waals surface area contributed by atoms with Crippen molar-refractivity contribution < 1.29 is 13.2 Å². The van der Waals surface area contributed by atoms with E-state index in [4.69, 9.17) is 5.73 Å². The first-order valence-electron chi connectivity index (χ1n) is 7.86. The summed E-state index contributed by atoms with van der Waals surface area (Å²) in [6.07, 6.45) is 2.80. The van der Waals surface area contributed by atoms with Crippen LogP contribution in [0.4, 0.5) is 0 Å². The molecule has 1 heterocycles. The molecule has 3 rings (SSSR count). The predicted molar refractivity (Wildman–Crippen MR) is 80.8 cm³/mol. The Morgan fingerprint density at radius 2 is 2.00 bits per heavy atom. The number of fused-ring (bicyclic) bond motifs is 1. The van der Waals surface area contributed by atoms with Gasteiger partial charge in [-0.05, 0) is 36.5 Å². The quantitative estimate of drug-likeness (QED) is 0.833. The number of nitrogens with zero attached hydrogens (tertiary/aromatic N) is 1. The zero-order chi connectivity index (χ0) is 15.8. The lowest BCUT2D eigenvalue weighted by molar-refractivity contribution is -0.131. The Balaban J connectivity index is 2.03. The maximum atomic E-state index is 12.7. The summed E-state index contributed by atoms with van der Waals surface area (Å²) in [6, 6.07) is -0.911. The lowest BCUT2D eigenvalue weighted by Crippen LogP contribution is -2.51. The molecule has 4 atom stereocenters. The number of carbonyl (C=O) groups is 1. The molecule has 3 fully saturated rings. The smallest absolute Gasteiger partial charge is 0.253 e. The van der Waals surface area contributed by atoms with Gasteiger partial charge in [0.15, 0.2) is 0 Å². The second kappa shape index (κ2) is 4.22. The molecule has 2 N–H and O–H groups in total. The first-order chi connectivity index (χ1) is 9.54. The fourth-order valence-corrected chi connectivity index (χ4v) is 7.58. The Bertz CT molecular complexity index is 584. The molecule has 1 amide bonds. The van der Waals surface area contributed by atoms with Gasteiger partial charge in [0.1, 0.15) is 0 Å². The van der Waals surface area contributed by atoms with E-state index in [0.29, 0.717) is 5.92 Å². The van der Waals surface area contributed by atoms with Gasteiger partial charge in [-0.25, -0.2) is 12.7 Å². The summed E-state index contributed by atoms with van der Waals surface area (Å²) in [7, 11) is -3.54. The largest absolute Gasteiger partial charge is 0.320 e. The average Bonchev–Trinajstić information content (AvgIpc) is 2.83. The zero-order valence-corrected chi connectivity index (χ0v) is 14.1. The van der Waals surface area contributed by atoms with Gasteiger partial charge in [-0.2, -0.15) is 0 Å². The second-order valence-electron chi connectivity index (χ2n) is 8.03. The summed E-state index contributed by atoms with van der Waals surface area (Å²) >= 11 is 0. The van der Waals surface area contributed by atoms with E-state index in [1.165, 1.54) is 4.31 Å². The number of hydrogen-bond acceptors (Lipinski definition) is 4. The molecule has 0 unspecified atom stereocenters. The minimum atomic E-state index is -3.54. The Labute approximate surface area is 127 Å². The van der Waals surface area contributed by atoms with Crippen LogP contribution in [-0.2, 0) is 14.8 Å². The summed E-state index contributed by atoms with van der Waals surface area (Å²) in [6.45, 7) is 8.06. The Morgan fingerprint density at radius 3 is 2.52 bits per heavy atom. The summed E-state index contributed by atoms with van der Waals surface area (Å²) in [5.41, 5.74) is 5.68. The first-order valence-corrected chi connectivity index (χ1v) is 9.47. The van der Waals surface area contributed by atoms with Crippen LogP contribution in [0.5, 0.6) is 0 Å². The molecule has 0 aromatic heterocycles. The Hall–Kier alpha value is -0.620. The lowest BCUT2D eigenvalue weighted by atomic mass is 9.69. The lowest BCUT2D eigenvalue weighted by Gasteiger charge is -2.37. The predicted octanol–water partition coefficient (Wildman–Crippen LogP) is 1.34. The maximum absolute atomic E-state index is 12.7. The SMILES string of the molecule is CC(C)[14C@H](N)[14C](=O)N1[C@@H]2C[C@H]3CC[C@]2(CS1(=O)=O)C3(C)C. The van der Waals surface area contributed by atoms with Crippen LogP contribution in [0.2, 0.25) is 0 Å². The molecule has 1 saturated heterocycles. The van der Waals surface area contributed by atoms with E-state index in [1.54, 1.807) is 0 Å². The summed E-state index contributed by atoms with van der Waals surface area (Å²) in [4.78, 5) is 12.7. The molecule has 1 aliphatic heterocycles. The highest BCUT2D eigenvalue weighted by molar-refractivity contribution is 7.90. The van der Waals surface area contributed by atoms with Crippen LogP contribution < -0.4 is 5.73 Å². The van der Waals surface area contributed by atoms with Crippen molar-refractivity contribution in [2.75, 3.05) is 5.75 Å². The number of amides is 1. The van der Waals surface area contributed by atoms with E-state index in [9.17, 15) is 13.2 Å². The fourth-order valence-electron chi connectivity index (χ4n) is 5.01. The molecule has 0 radical (unpaired) electrons. The van der Waals surface area contributed by atoms with Crippen LogP contribution in [0.3, 0.4) is 0 Å². The Kier molecular flexibility index (Phi) is 3.07. The highest BCUT2D eigenvalue weighted by Gasteiger charge is 2.72. The molecule has 5 nitrogen and oxygen atoms in total. The highest BCUT2D eigenvalue weighted by Crippen LogP contribution is 2.69. The molecule has 1 spiro atoms. The zero-order valence-electron chi connectivity index (χ0n) is 13.3.